The first-order valence-electron chi connectivity index (χ1n) is 13.3. The number of hydrogen-bond acceptors (Lipinski definition) is 2. The molecule has 0 spiro atoms. The van der Waals surface area contributed by atoms with Crippen LogP contribution in [0.5, 0.6) is 0 Å². The monoisotopic (exact) mass is 666 g/mol. The predicted octanol–water partition coefficient (Wildman–Crippen LogP) is 7.25. The molecule has 3 aliphatic heterocycles. The van der Waals surface area contributed by atoms with Crippen molar-refractivity contribution in [1.82, 2.24) is 10.0 Å². The Bertz CT molecular complexity index is 859. The van der Waals surface area contributed by atoms with E-state index in [0.717, 1.165) is 10.6 Å². The molecular weight excluding hydrogens is 624 g/mol. The molecule has 4 unspecified atom stereocenters. The van der Waals surface area contributed by atoms with Crippen LogP contribution in [0.3, 0.4) is 0 Å². The van der Waals surface area contributed by atoms with E-state index in [0.29, 0.717) is 22.6 Å². The molecule has 0 bridgehead atoms. The van der Waals surface area contributed by atoms with E-state index in [9.17, 15) is 26.9 Å². The Hall–Kier alpha value is -0.832. The molecule has 0 aromatic carbocycles. The minimum absolute atomic E-state index is 0. The summed E-state index contributed by atoms with van der Waals surface area (Å²) in [5.74, 6) is 0.181. The zero-order valence-electron chi connectivity index (χ0n) is 23.3. The molecule has 38 heavy (non-hydrogen) atoms. The molecule has 0 aromatic rings. The molecule has 2 amide bonds. The second-order valence-electron chi connectivity index (χ2n) is 10.3. The van der Waals surface area contributed by atoms with Crippen molar-refractivity contribution in [2.24, 2.45) is 0 Å². The van der Waals surface area contributed by atoms with Crippen molar-refractivity contribution in [3.8, 4) is 0 Å². The number of carbonyl (C=O) groups excluding carboxylic acids is 2. The smallest absolute Gasteiger partial charge is 0.418 e. The van der Waals surface area contributed by atoms with Crippen molar-refractivity contribution in [1.29, 1.82) is 0 Å². The molecule has 0 aromatic heterocycles. The van der Waals surface area contributed by atoms with Crippen molar-refractivity contribution in [3.05, 3.63) is 24.3 Å². The van der Waals surface area contributed by atoms with Gasteiger partial charge in [-0.25, -0.2) is 10.0 Å². The first-order valence-corrected chi connectivity index (χ1v) is 16.3. The number of nitrogens with zero attached hydrogens (tertiary/aromatic N) is 2. The van der Waals surface area contributed by atoms with E-state index >= 15 is 0 Å². The molecule has 3 heterocycles. The van der Waals surface area contributed by atoms with Gasteiger partial charge in [0.15, 0.2) is 0 Å². The molecule has 4 rings (SSSR count). The number of amides is 2. The average molecular weight is 666 g/mol. The van der Waals surface area contributed by atoms with E-state index in [4.69, 9.17) is 0 Å². The summed E-state index contributed by atoms with van der Waals surface area (Å²) in [6.07, 6.45) is 18.8. The first-order chi connectivity index (χ1) is 17.3. The molecule has 4 nitrogen and oxygen atoms in total. The summed E-state index contributed by atoms with van der Waals surface area (Å²) < 4.78 is 39.0. The number of carbonyl (C=O) groups is 2. The summed E-state index contributed by atoms with van der Waals surface area (Å²) in [5, 5.41) is 4.98. The summed E-state index contributed by atoms with van der Waals surface area (Å²) in [6.45, 7) is 9.13. The van der Waals surface area contributed by atoms with Gasteiger partial charge in [-0.3, -0.25) is 9.59 Å². The van der Waals surface area contributed by atoms with Gasteiger partial charge in [-0.2, -0.15) is 0 Å². The van der Waals surface area contributed by atoms with E-state index in [1.54, 1.807) is 24.1 Å². The Kier molecular flexibility index (Phi) is 14.7. The molecule has 1 aliphatic carbocycles. The number of rotatable bonds is 0. The molecule has 3 saturated heterocycles. The van der Waals surface area contributed by atoms with E-state index in [1.165, 1.54) is 51.4 Å². The van der Waals surface area contributed by atoms with Crippen LogP contribution in [0.15, 0.2) is 24.3 Å². The molecule has 4 atom stereocenters. The standard InChI is InChI=1S/C18H30N2O2P2.C8H12.BF4.Rh/c1-11-7-8-12(2)23(11)15-16(24-13(3)9-10-14(24)4)18(22)20(6)19(5)17(15)21;1-2-4-6-8-7-5-3-1;2-1(3,4)5;/h11-14H,7-10H2,1-6H3;1-2,7-8H,3-6H2;;/q+2;;-1;. The van der Waals surface area contributed by atoms with E-state index < -0.39 is 22.3 Å². The third-order valence-electron chi connectivity index (χ3n) is 7.42. The van der Waals surface area contributed by atoms with Gasteiger partial charge in [-0.05, 0) is 79.1 Å². The topological polar surface area (TPSA) is 40.6 Å². The average Bonchev–Trinajstić information content (AvgIpc) is 3.28. The van der Waals surface area contributed by atoms with Crippen LogP contribution < -0.4 is 0 Å². The Balaban J connectivity index is 0.000000427. The van der Waals surface area contributed by atoms with Crippen molar-refractivity contribution < 1.29 is 46.3 Å². The fraction of sp³-hybridized carbons (Fsp3) is 0.692. The largest absolute Gasteiger partial charge is 0.673 e. The Morgan fingerprint density at radius 3 is 1.05 bits per heavy atom. The SMILES string of the molecule is C1=CCCC=CCC1.CC1CCC(C)[P+]1=C1C(=O)N(C)N(C)C(=O)C1=[P+]1C(C)CCC1C.F[B-](F)(F)F.[Rh]. The van der Waals surface area contributed by atoms with Crippen molar-refractivity contribution >= 4 is 44.7 Å². The van der Waals surface area contributed by atoms with Crippen LogP contribution in [0.4, 0.5) is 17.3 Å². The minimum atomic E-state index is -6.00. The summed E-state index contributed by atoms with van der Waals surface area (Å²) in [6, 6.07) is 0. The first kappa shape index (κ1) is 35.2. The summed E-state index contributed by atoms with van der Waals surface area (Å²) in [5.41, 5.74) is 2.21. The molecule has 1 radical (unpaired) electrons. The normalized spacial score (nSPS) is 29.7. The van der Waals surface area contributed by atoms with Gasteiger partial charge < -0.3 is 17.3 Å². The fourth-order valence-electron chi connectivity index (χ4n) is 5.37. The summed E-state index contributed by atoms with van der Waals surface area (Å²) in [4.78, 5) is 26.5. The zero-order valence-corrected chi connectivity index (χ0v) is 26.7. The maximum Gasteiger partial charge on any atom is 0.673 e. The molecule has 0 N–H and O–H groups in total. The molecule has 12 heteroatoms. The predicted molar refractivity (Wildman–Crippen MR) is 153 cm³/mol. The zero-order chi connectivity index (χ0) is 27.9. The number of hydrazine groups is 1. The van der Waals surface area contributed by atoms with Crippen molar-refractivity contribution in [3.63, 3.8) is 0 Å². The van der Waals surface area contributed by atoms with E-state index in [1.807, 2.05) is 0 Å². The molecule has 3 fully saturated rings. The van der Waals surface area contributed by atoms with Gasteiger partial charge >= 0.3 is 19.1 Å². The number of allylic oxidation sites excluding steroid dienone is 4. The molecular formula is C26H42BF4N2O2P2Rh+. The van der Waals surface area contributed by atoms with Gasteiger partial charge in [0.1, 0.15) is 37.7 Å². The molecule has 4 aliphatic rings. The van der Waals surface area contributed by atoms with Gasteiger partial charge in [0.05, 0.1) is 0 Å². The van der Waals surface area contributed by atoms with Gasteiger partial charge in [-0.15, -0.1) is 0 Å². The Morgan fingerprint density at radius 2 is 0.842 bits per heavy atom. The third-order valence-corrected chi connectivity index (χ3v) is 14.3. The number of hydrogen-bond donors (Lipinski definition) is 0. The molecule has 0 saturated carbocycles. The minimum Gasteiger partial charge on any atom is -0.418 e. The van der Waals surface area contributed by atoms with Gasteiger partial charge in [0.25, 0.3) is 10.6 Å². The van der Waals surface area contributed by atoms with Gasteiger partial charge in [0.2, 0.25) is 0 Å². The van der Waals surface area contributed by atoms with Crippen LogP contribution in [0, 0.1) is 0 Å². The fourth-order valence-corrected chi connectivity index (χ4v) is 12.7. The van der Waals surface area contributed by atoms with Crippen molar-refractivity contribution in [2.75, 3.05) is 14.1 Å². The van der Waals surface area contributed by atoms with Gasteiger partial charge in [-0.1, -0.05) is 24.3 Å². The maximum absolute atomic E-state index is 13.2. The second kappa shape index (κ2) is 15.8. The van der Waals surface area contributed by atoms with Crippen LogP contribution in [-0.4, -0.2) is 76.4 Å². The summed E-state index contributed by atoms with van der Waals surface area (Å²) in [7, 11) is -3.58. The molecule has 217 valence electrons. The van der Waals surface area contributed by atoms with Crippen LogP contribution in [0.1, 0.15) is 79.1 Å². The second-order valence-corrected chi connectivity index (χ2v) is 16.4. The number of halogens is 4. The Labute approximate surface area is 240 Å². The van der Waals surface area contributed by atoms with Crippen LogP contribution in [0.2, 0.25) is 0 Å². The Morgan fingerprint density at radius 1 is 0.632 bits per heavy atom. The quantitative estimate of drug-likeness (QED) is 0.118. The maximum atomic E-state index is 13.2. The van der Waals surface area contributed by atoms with Crippen LogP contribution in [0.25, 0.3) is 0 Å². The van der Waals surface area contributed by atoms with E-state index in [-0.39, 0.29) is 31.3 Å². The van der Waals surface area contributed by atoms with Crippen LogP contribution in [-0.2, 0) is 29.1 Å². The van der Waals surface area contributed by atoms with Crippen LogP contribution >= 0.6 is 15.1 Å². The third kappa shape index (κ3) is 9.67. The van der Waals surface area contributed by atoms with Crippen molar-refractivity contribution in [2.45, 2.75) is 102 Å². The summed E-state index contributed by atoms with van der Waals surface area (Å²) >= 11 is 0. The van der Waals surface area contributed by atoms with E-state index in [2.05, 4.69) is 52.0 Å². The van der Waals surface area contributed by atoms with Gasteiger partial charge in [0, 0.05) is 33.6 Å².